The van der Waals surface area contributed by atoms with Gasteiger partial charge in [-0.3, -0.25) is 0 Å². The fourth-order valence-electron chi connectivity index (χ4n) is 3.56. The quantitative estimate of drug-likeness (QED) is 0.806. The first kappa shape index (κ1) is 14.3. The maximum absolute atomic E-state index is 3.62. The van der Waals surface area contributed by atoms with Gasteiger partial charge in [0.2, 0.25) is 0 Å². The van der Waals surface area contributed by atoms with E-state index in [1.54, 1.807) is 0 Å². The van der Waals surface area contributed by atoms with Crippen molar-refractivity contribution in [2.75, 3.05) is 52.9 Å². The highest BCUT2D eigenvalue weighted by molar-refractivity contribution is 4.88. The monoisotopic (exact) mass is 253 g/mol. The van der Waals surface area contributed by atoms with Crippen LogP contribution in [0.1, 0.15) is 39.0 Å². The van der Waals surface area contributed by atoms with Crippen molar-refractivity contribution in [1.82, 2.24) is 15.1 Å². The van der Waals surface area contributed by atoms with Crippen molar-refractivity contribution >= 4 is 0 Å². The lowest BCUT2D eigenvalue weighted by atomic mass is 9.73. The maximum Gasteiger partial charge on any atom is 0.0110 e. The van der Waals surface area contributed by atoms with E-state index in [9.17, 15) is 0 Å². The van der Waals surface area contributed by atoms with Crippen molar-refractivity contribution < 1.29 is 0 Å². The Bertz CT molecular complexity index is 228. The van der Waals surface area contributed by atoms with E-state index < -0.39 is 0 Å². The van der Waals surface area contributed by atoms with E-state index in [4.69, 9.17) is 0 Å². The molecular weight excluding hydrogens is 222 g/mol. The van der Waals surface area contributed by atoms with Crippen LogP contribution in [0.2, 0.25) is 0 Å². The summed E-state index contributed by atoms with van der Waals surface area (Å²) in [7, 11) is 2.24. The summed E-state index contributed by atoms with van der Waals surface area (Å²) in [6, 6.07) is 0. The summed E-state index contributed by atoms with van der Waals surface area (Å²) in [5.41, 5.74) is 0.574. The summed E-state index contributed by atoms with van der Waals surface area (Å²) in [5, 5.41) is 3.62. The van der Waals surface area contributed by atoms with Crippen LogP contribution in [0.3, 0.4) is 0 Å². The van der Waals surface area contributed by atoms with Crippen LogP contribution in [-0.4, -0.2) is 62.7 Å². The molecule has 0 aromatic carbocycles. The van der Waals surface area contributed by atoms with Crippen LogP contribution in [0.15, 0.2) is 0 Å². The molecule has 0 aromatic rings. The molecule has 2 aliphatic rings. The van der Waals surface area contributed by atoms with E-state index in [1.165, 1.54) is 71.4 Å². The van der Waals surface area contributed by atoms with Crippen LogP contribution in [0, 0.1) is 5.41 Å². The van der Waals surface area contributed by atoms with E-state index in [0.717, 1.165) is 6.54 Å². The van der Waals surface area contributed by atoms with Gasteiger partial charge in [-0.25, -0.2) is 0 Å². The van der Waals surface area contributed by atoms with Gasteiger partial charge in [0.05, 0.1) is 0 Å². The van der Waals surface area contributed by atoms with Gasteiger partial charge in [0.1, 0.15) is 0 Å². The zero-order valence-electron chi connectivity index (χ0n) is 12.4. The molecular formula is C15H31N3. The third kappa shape index (κ3) is 3.94. The van der Waals surface area contributed by atoms with Crippen molar-refractivity contribution in [1.29, 1.82) is 0 Å². The zero-order chi connectivity index (χ0) is 12.8. The maximum atomic E-state index is 3.62. The first-order valence-electron chi connectivity index (χ1n) is 7.86. The predicted molar refractivity (Wildman–Crippen MR) is 78.0 cm³/mol. The standard InChI is InChI=1S/C15H31N3/c1-3-16-13-15(7-5-4-6-8-15)14-18-11-9-17(2)10-12-18/h16H,3-14H2,1-2H3. The number of likely N-dealkylation sites (N-methyl/N-ethyl adjacent to an activating group) is 1. The van der Waals surface area contributed by atoms with Crippen molar-refractivity contribution in [3.63, 3.8) is 0 Å². The lowest BCUT2D eigenvalue weighted by Crippen LogP contribution is -2.51. The molecule has 18 heavy (non-hydrogen) atoms. The molecule has 1 aliphatic heterocycles. The van der Waals surface area contributed by atoms with Crippen molar-refractivity contribution in [3.05, 3.63) is 0 Å². The molecule has 106 valence electrons. The van der Waals surface area contributed by atoms with Crippen molar-refractivity contribution in [3.8, 4) is 0 Å². The van der Waals surface area contributed by atoms with Crippen LogP contribution >= 0.6 is 0 Å². The normalized spacial score (nSPS) is 26.3. The Morgan fingerprint density at radius 1 is 1.00 bits per heavy atom. The van der Waals surface area contributed by atoms with Crippen LogP contribution < -0.4 is 5.32 Å². The molecule has 1 aliphatic carbocycles. The number of piperazine rings is 1. The topological polar surface area (TPSA) is 18.5 Å². The number of nitrogens with zero attached hydrogens (tertiary/aromatic N) is 2. The molecule has 3 heteroatoms. The predicted octanol–water partition coefficient (Wildman–Crippen LogP) is 1.79. The Morgan fingerprint density at radius 2 is 1.67 bits per heavy atom. The van der Waals surface area contributed by atoms with E-state index in [2.05, 4.69) is 29.1 Å². The van der Waals surface area contributed by atoms with Gasteiger partial charge in [0.15, 0.2) is 0 Å². The highest BCUT2D eigenvalue weighted by atomic mass is 15.2. The van der Waals surface area contributed by atoms with Gasteiger partial charge >= 0.3 is 0 Å². The molecule has 0 aromatic heterocycles. The number of hydrogen-bond acceptors (Lipinski definition) is 3. The molecule has 1 heterocycles. The number of nitrogens with one attached hydrogen (secondary N) is 1. The van der Waals surface area contributed by atoms with E-state index in [0.29, 0.717) is 5.41 Å². The van der Waals surface area contributed by atoms with E-state index in [-0.39, 0.29) is 0 Å². The van der Waals surface area contributed by atoms with Gasteiger partial charge in [-0.2, -0.15) is 0 Å². The van der Waals surface area contributed by atoms with Gasteiger partial charge in [0.25, 0.3) is 0 Å². The first-order valence-corrected chi connectivity index (χ1v) is 7.86. The molecule has 3 nitrogen and oxygen atoms in total. The average molecular weight is 253 g/mol. The molecule has 1 N–H and O–H groups in total. The summed E-state index contributed by atoms with van der Waals surface area (Å²) in [6.45, 7) is 10.9. The Labute approximate surface area is 113 Å². The zero-order valence-corrected chi connectivity index (χ0v) is 12.4. The smallest absolute Gasteiger partial charge is 0.0110 e. The molecule has 0 amide bonds. The molecule has 0 radical (unpaired) electrons. The minimum absolute atomic E-state index is 0.574. The highest BCUT2D eigenvalue weighted by Gasteiger charge is 2.34. The Kier molecular flexibility index (Phi) is 5.46. The summed E-state index contributed by atoms with van der Waals surface area (Å²) in [4.78, 5) is 5.16. The van der Waals surface area contributed by atoms with Crippen LogP contribution in [0.5, 0.6) is 0 Å². The first-order chi connectivity index (χ1) is 8.74. The fraction of sp³-hybridized carbons (Fsp3) is 1.00. The van der Waals surface area contributed by atoms with Gasteiger partial charge < -0.3 is 15.1 Å². The largest absolute Gasteiger partial charge is 0.316 e. The molecule has 2 rings (SSSR count). The Morgan fingerprint density at radius 3 is 2.28 bits per heavy atom. The highest BCUT2D eigenvalue weighted by Crippen LogP contribution is 2.36. The summed E-state index contributed by atoms with van der Waals surface area (Å²) < 4.78 is 0. The summed E-state index contributed by atoms with van der Waals surface area (Å²) >= 11 is 0. The molecule has 0 unspecified atom stereocenters. The van der Waals surface area contributed by atoms with Gasteiger partial charge in [-0.15, -0.1) is 0 Å². The summed E-state index contributed by atoms with van der Waals surface area (Å²) in [6.07, 6.45) is 7.22. The molecule has 1 saturated carbocycles. The molecule has 0 bridgehead atoms. The molecule has 0 atom stereocenters. The third-order valence-electron chi connectivity index (χ3n) is 4.82. The minimum Gasteiger partial charge on any atom is -0.316 e. The van der Waals surface area contributed by atoms with Gasteiger partial charge in [-0.1, -0.05) is 26.2 Å². The second kappa shape index (κ2) is 6.88. The minimum atomic E-state index is 0.574. The Balaban J connectivity index is 1.87. The fourth-order valence-corrected chi connectivity index (χ4v) is 3.56. The lowest BCUT2D eigenvalue weighted by Gasteiger charge is -2.43. The van der Waals surface area contributed by atoms with Crippen molar-refractivity contribution in [2.45, 2.75) is 39.0 Å². The second-order valence-electron chi connectivity index (χ2n) is 6.42. The second-order valence-corrected chi connectivity index (χ2v) is 6.42. The number of rotatable bonds is 5. The van der Waals surface area contributed by atoms with Crippen LogP contribution in [0.4, 0.5) is 0 Å². The van der Waals surface area contributed by atoms with Gasteiger partial charge in [-0.05, 0) is 31.8 Å². The molecule has 1 saturated heterocycles. The van der Waals surface area contributed by atoms with Gasteiger partial charge in [0, 0.05) is 39.3 Å². The SMILES string of the molecule is CCNCC1(CN2CCN(C)CC2)CCCCC1. The van der Waals surface area contributed by atoms with E-state index >= 15 is 0 Å². The Hall–Kier alpha value is -0.120. The van der Waals surface area contributed by atoms with E-state index in [1.807, 2.05) is 0 Å². The third-order valence-corrected chi connectivity index (χ3v) is 4.82. The average Bonchev–Trinajstić information content (AvgIpc) is 2.40. The molecule has 0 spiro atoms. The van der Waals surface area contributed by atoms with Crippen LogP contribution in [0.25, 0.3) is 0 Å². The van der Waals surface area contributed by atoms with Crippen LogP contribution in [-0.2, 0) is 0 Å². The lowest BCUT2D eigenvalue weighted by molar-refractivity contribution is 0.0697. The van der Waals surface area contributed by atoms with Crippen molar-refractivity contribution in [2.24, 2.45) is 5.41 Å². The summed E-state index contributed by atoms with van der Waals surface area (Å²) in [5.74, 6) is 0. The molecule has 2 fully saturated rings. The number of hydrogen-bond donors (Lipinski definition) is 1.